The van der Waals surface area contributed by atoms with Gasteiger partial charge in [-0.25, -0.2) is 0 Å². The zero-order valence-electron chi connectivity index (χ0n) is 9.91. The highest BCUT2D eigenvalue weighted by molar-refractivity contribution is 5.81. The number of rotatable bonds is 1. The SMILES string of the molecule is C1CNC(C2CCCN(C3=NCCN3)C2)C1. The van der Waals surface area contributed by atoms with Crippen LogP contribution in [0, 0.1) is 5.92 Å². The molecule has 3 aliphatic rings. The van der Waals surface area contributed by atoms with Gasteiger partial charge in [-0.3, -0.25) is 4.99 Å². The van der Waals surface area contributed by atoms with E-state index in [9.17, 15) is 0 Å². The zero-order valence-corrected chi connectivity index (χ0v) is 9.91. The lowest BCUT2D eigenvalue weighted by molar-refractivity contribution is 0.215. The van der Waals surface area contributed by atoms with Crippen molar-refractivity contribution in [2.45, 2.75) is 31.7 Å². The van der Waals surface area contributed by atoms with Gasteiger partial charge in [0.1, 0.15) is 0 Å². The second-order valence-corrected chi connectivity index (χ2v) is 5.18. The molecule has 2 unspecified atom stereocenters. The van der Waals surface area contributed by atoms with E-state index in [-0.39, 0.29) is 0 Å². The Morgan fingerprint density at radius 2 is 2.19 bits per heavy atom. The Kier molecular flexibility index (Phi) is 3.00. The largest absolute Gasteiger partial charge is 0.354 e. The number of aliphatic imine (C=N–C) groups is 1. The fourth-order valence-electron chi connectivity index (χ4n) is 3.24. The van der Waals surface area contributed by atoms with Crippen LogP contribution in [-0.4, -0.2) is 49.6 Å². The van der Waals surface area contributed by atoms with E-state index in [2.05, 4.69) is 20.5 Å². The molecular formula is C12H22N4. The average molecular weight is 222 g/mol. The highest BCUT2D eigenvalue weighted by Gasteiger charge is 2.30. The molecule has 2 atom stereocenters. The van der Waals surface area contributed by atoms with Gasteiger partial charge in [-0.15, -0.1) is 0 Å². The molecule has 4 heteroatoms. The monoisotopic (exact) mass is 222 g/mol. The van der Waals surface area contributed by atoms with Crippen molar-refractivity contribution in [1.29, 1.82) is 0 Å². The maximum Gasteiger partial charge on any atom is 0.194 e. The molecule has 3 aliphatic heterocycles. The molecule has 0 amide bonds. The van der Waals surface area contributed by atoms with Crippen LogP contribution in [0.3, 0.4) is 0 Å². The standard InChI is InChI=1S/C12H22N4/c1-4-11(13-5-1)10-3-2-8-16(9-10)12-14-6-7-15-12/h10-11,13H,1-9H2,(H,14,15). The van der Waals surface area contributed by atoms with E-state index >= 15 is 0 Å². The third kappa shape index (κ3) is 2.03. The van der Waals surface area contributed by atoms with Crippen LogP contribution in [0.2, 0.25) is 0 Å². The Labute approximate surface area is 97.5 Å². The van der Waals surface area contributed by atoms with Gasteiger partial charge in [-0.2, -0.15) is 0 Å². The molecule has 3 heterocycles. The summed E-state index contributed by atoms with van der Waals surface area (Å²) < 4.78 is 0. The van der Waals surface area contributed by atoms with Crippen LogP contribution in [0.4, 0.5) is 0 Å². The lowest BCUT2D eigenvalue weighted by Gasteiger charge is -2.36. The lowest BCUT2D eigenvalue weighted by atomic mass is 9.90. The highest BCUT2D eigenvalue weighted by Crippen LogP contribution is 2.24. The normalized spacial score (nSPS) is 35.0. The van der Waals surface area contributed by atoms with Gasteiger partial charge in [0.2, 0.25) is 0 Å². The molecule has 0 bridgehead atoms. The van der Waals surface area contributed by atoms with Gasteiger partial charge >= 0.3 is 0 Å². The molecular weight excluding hydrogens is 200 g/mol. The quantitative estimate of drug-likeness (QED) is 0.675. The first-order chi connectivity index (χ1) is 7.93. The Morgan fingerprint density at radius 3 is 2.94 bits per heavy atom. The van der Waals surface area contributed by atoms with Gasteiger partial charge in [-0.1, -0.05) is 0 Å². The van der Waals surface area contributed by atoms with Crippen molar-refractivity contribution in [3.05, 3.63) is 0 Å². The smallest absolute Gasteiger partial charge is 0.194 e. The minimum atomic E-state index is 0.768. The molecule has 16 heavy (non-hydrogen) atoms. The minimum absolute atomic E-state index is 0.768. The fraction of sp³-hybridized carbons (Fsp3) is 0.917. The van der Waals surface area contributed by atoms with E-state index in [1.54, 1.807) is 0 Å². The van der Waals surface area contributed by atoms with Gasteiger partial charge in [0.05, 0.1) is 6.54 Å². The van der Waals surface area contributed by atoms with Crippen LogP contribution >= 0.6 is 0 Å². The van der Waals surface area contributed by atoms with Crippen LogP contribution in [0.25, 0.3) is 0 Å². The Bertz CT molecular complexity index is 270. The molecule has 2 fully saturated rings. The lowest BCUT2D eigenvalue weighted by Crippen LogP contribution is -2.48. The molecule has 0 spiro atoms. The van der Waals surface area contributed by atoms with E-state index < -0.39 is 0 Å². The summed E-state index contributed by atoms with van der Waals surface area (Å²) in [5.74, 6) is 1.99. The fourth-order valence-corrected chi connectivity index (χ4v) is 3.24. The van der Waals surface area contributed by atoms with Crippen LogP contribution in [0.15, 0.2) is 4.99 Å². The summed E-state index contributed by atoms with van der Waals surface area (Å²) in [4.78, 5) is 6.99. The molecule has 2 N–H and O–H groups in total. The molecule has 2 saturated heterocycles. The van der Waals surface area contributed by atoms with Crippen molar-refractivity contribution in [1.82, 2.24) is 15.5 Å². The third-order valence-electron chi connectivity index (χ3n) is 4.08. The Balaban J connectivity index is 1.60. The van der Waals surface area contributed by atoms with Crippen LogP contribution in [0.5, 0.6) is 0 Å². The third-order valence-corrected chi connectivity index (χ3v) is 4.08. The second-order valence-electron chi connectivity index (χ2n) is 5.18. The number of nitrogens with zero attached hydrogens (tertiary/aromatic N) is 2. The van der Waals surface area contributed by atoms with E-state index in [0.29, 0.717) is 0 Å². The van der Waals surface area contributed by atoms with Crippen molar-refractivity contribution in [2.24, 2.45) is 10.9 Å². The molecule has 0 radical (unpaired) electrons. The molecule has 90 valence electrons. The molecule has 3 rings (SSSR count). The van der Waals surface area contributed by atoms with Crippen molar-refractivity contribution in [2.75, 3.05) is 32.7 Å². The first kappa shape index (κ1) is 10.4. The van der Waals surface area contributed by atoms with Gasteiger partial charge in [-0.05, 0) is 38.1 Å². The molecule has 4 nitrogen and oxygen atoms in total. The topological polar surface area (TPSA) is 39.7 Å². The van der Waals surface area contributed by atoms with Crippen molar-refractivity contribution >= 4 is 5.96 Å². The zero-order chi connectivity index (χ0) is 10.8. The van der Waals surface area contributed by atoms with E-state index in [0.717, 1.165) is 31.0 Å². The number of likely N-dealkylation sites (tertiary alicyclic amines) is 1. The van der Waals surface area contributed by atoms with Gasteiger partial charge in [0.15, 0.2) is 5.96 Å². The van der Waals surface area contributed by atoms with Crippen LogP contribution in [-0.2, 0) is 0 Å². The number of guanidine groups is 1. The number of nitrogens with one attached hydrogen (secondary N) is 2. The van der Waals surface area contributed by atoms with E-state index in [1.807, 2.05) is 0 Å². The van der Waals surface area contributed by atoms with Crippen LogP contribution < -0.4 is 10.6 Å². The molecule has 0 aromatic heterocycles. The number of piperidine rings is 1. The summed E-state index contributed by atoms with van der Waals surface area (Å²) in [5, 5.41) is 7.04. The summed E-state index contributed by atoms with van der Waals surface area (Å²) in [6.07, 6.45) is 5.45. The predicted octanol–water partition coefficient (Wildman–Crippen LogP) is 0.410. The van der Waals surface area contributed by atoms with Gasteiger partial charge < -0.3 is 15.5 Å². The summed E-state index contributed by atoms with van der Waals surface area (Å²) >= 11 is 0. The summed E-state index contributed by atoms with van der Waals surface area (Å²) in [5.41, 5.74) is 0. The summed E-state index contributed by atoms with van der Waals surface area (Å²) in [7, 11) is 0. The highest BCUT2D eigenvalue weighted by atomic mass is 15.3. The molecule has 0 saturated carbocycles. The summed E-state index contributed by atoms with van der Waals surface area (Å²) in [6, 6.07) is 0.768. The number of hydrogen-bond acceptors (Lipinski definition) is 4. The second kappa shape index (κ2) is 4.62. The molecule has 0 aliphatic carbocycles. The van der Waals surface area contributed by atoms with Crippen molar-refractivity contribution in [3.8, 4) is 0 Å². The van der Waals surface area contributed by atoms with Crippen molar-refractivity contribution < 1.29 is 0 Å². The van der Waals surface area contributed by atoms with Crippen molar-refractivity contribution in [3.63, 3.8) is 0 Å². The maximum atomic E-state index is 4.53. The molecule has 0 aromatic carbocycles. The first-order valence-corrected chi connectivity index (χ1v) is 6.70. The first-order valence-electron chi connectivity index (χ1n) is 6.70. The Morgan fingerprint density at radius 1 is 1.19 bits per heavy atom. The predicted molar refractivity (Wildman–Crippen MR) is 65.6 cm³/mol. The Hall–Kier alpha value is -0.770. The van der Waals surface area contributed by atoms with E-state index in [1.165, 1.54) is 45.3 Å². The molecule has 0 aromatic rings. The van der Waals surface area contributed by atoms with Gasteiger partial charge in [0, 0.05) is 25.7 Å². The summed E-state index contributed by atoms with van der Waals surface area (Å²) in [6.45, 7) is 5.59. The maximum absolute atomic E-state index is 4.53. The van der Waals surface area contributed by atoms with E-state index in [4.69, 9.17) is 0 Å². The minimum Gasteiger partial charge on any atom is -0.354 e. The average Bonchev–Trinajstić information content (AvgIpc) is 3.03. The van der Waals surface area contributed by atoms with Gasteiger partial charge in [0.25, 0.3) is 0 Å². The number of hydrogen-bond donors (Lipinski definition) is 2. The van der Waals surface area contributed by atoms with Crippen LogP contribution in [0.1, 0.15) is 25.7 Å².